The molecule has 0 aliphatic heterocycles. The van der Waals surface area contributed by atoms with Crippen LogP contribution in [-0.2, 0) is 0 Å². The van der Waals surface area contributed by atoms with Crippen molar-refractivity contribution in [3.8, 4) is 11.8 Å². The second-order valence-corrected chi connectivity index (χ2v) is 4.52. The Balaban J connectivity index is 3.14. The van der Waals surface area contributed by atoms with Crippen molar-refractivity contribution in [1.82, 2.24) is 0 Å². The van der Waals surface area contributed by atoms with E-state index in [-0.39, 0.29) is 6.42 Å². The SMILES string of the molecule is CCCCCCCCCC#CCCC(F)CF. The van der Waals surface area contributed by atoms with Gasteiger partial charge in [0.2, 0.25) is 0 Å². The van der Waals surface area contributed by atoms with E-state index in [2.05, 4.69) is 18.8 Å². The molecule has 0 aliphatic carbocycles. The fourth-order valence-electron chi connectivity index (χ4n) is 1.65. The predicted molar refractivity (Wildman–Crippen MR) is 70.5 cm³/mol. The maximum atomic E-state index is 12.5. The van der Waals surface area contributed by atoms with Crippen LogP contribution in [0.2, 0.25) is 0 Å². The average molecular weight is 244 g/mol. The standard InChI is InChI=1S/C15H26F2/c1-2-3-4-5-6-7-8-9-10-11-12-13-15(17)14-16/h15H,2-9,12-14H2,1H3. The van der Waals surface area contributed by atoms with Crippen molar-refractivity contribution in [2.24, 2.45) is 0 Å². The van der Waals surface area contributed by atoms with E-state index in [1.807, 2.05) is 0 Å². The summed E-state index contributed by atoms with van der Waals surface area (Å²) >= 11 is 0. The van der Waals surface area contributed by atoms with E-state index in [1.54, 1.807) is 0 Å². The molecule has 0 rings (SSSR count). The lowest BCUT2D eigenvalue weighted by molar-refractivity contribution is 0.249. The third kappa shape index (κ3) is 13.4. The highest BCUT2D eigenvalue weighted by molar-refractivity contribution is 4.98. The van der Waals surface area contributed by atoms with E-state index >= 15 is 0 Å². The molecule has 17 heavy (non-hydrogen) atoms. The summed E-state index contributed by atoms with van der Waals surface area (Å²) in [6.07, 6.45) is 9.32. The maximum absolute atomic E-state index is 12.5. The van der Waals surface area contributed by atoms with Gasteiger partial charge in [0.25, 0.3) is 0 Å². The highest BCUT2D eigenvalue weighted by Crippen LogP contribution is 2.08. The van der Waals surface area contributed by atoms with Crippen molar-refractivity contribution >= 4 is 0 Å². The van der Waals surface area contributed by atoms with Crippen LogP contribution >= 0.6 is 0 Å². The van der Waals surface area contributed by atoms with Crippen molar-refractivity contribution in [2.75, 3.05) is 6.67 Å². The zero-order chi connectivity index (χ0) is 12.8. The predicted octanol–water partition coefficient (Wildman–Crippen LogP) is 5.22. The van der Waals surface area contributed by atoms with Gasteiger partial charge in [-0.3, -0.25) is 0 Å². The zero-order valence-corrected chi connectivity index (χ0v) is 11.1. The molecule has 0 saturated carbocycles. The lowest BCUT2D eigenvalue weighted by Gasteiger charge is -1.98. The summed E-state index contributed by atoms with van der Waals surface area (Å²) in [6.45, 7) is 1.35. The van der Waals surface area contributed by atoms with Gasteiger partial charge in [-0.1, -0.05) is 45.4 Å². The Morgan fingerprint density at radius 3 is 2.12 bits per heavy atom. The smallest absolute Gasteiger partial charge is 0.129 e. The molecule has 1 unspecified atom stereocenters. The molecule has 0 aliphatic rings. The van der Waals surface area contributed by atoms with Gasteiger partial charge in [-0.2, -0.15) is 0 Å². The van der Waals surface area contributed by atoms with Crippen LogP contribution in [-0.4, -0.2) is 12.8 Å². The van der Waals surface area contributed by atoms with Crippen molar-refractivity contribution in [2.45, 2.75) is 77.3 Å². The summed E-state index contributed by atoms with van der Waals surface area (Å²) in [6, 6.07) is 0. The van der Waals surface area contributed by atoms with E-state index in [1.165, 1.54) is 38.5 Å². The molecule has 0 aromatic rings. The maximum Gasteiger partial charge on any atom is 0.129 e. The van der Waals surface area contributed by atoms with Crippen LogP contribution < -0.4 is 0 Å². The molecule has 0 amide bonds. The van der Waals surface area contributed by atoms with Gasteiger partial charge in [0.1, 0.15) is 12.8 Å². The molecule has 0 radical (unpaired) electrons. The summed E-state index contributed by atoms with van der Waals surface area (Å²) in [4.78, 5) is 0. The number of hydrogen-bond acceptors (Lipinski definition) is 0. The highest BCUT2D eigenvalue weighted by Gasteiger charge is 2.02. The molecule has 2 heteroatoms. The number of unbranched alkanes of at least 4 members (excludes halogenated alkanes) is 7. The Kier molecular flexibility index (Phi) is 13.0. The van der Waals surface area contributed by atoms with Crippen LogP contribution in [0.1, 0.15) is 71.1 Å². The third-order valence-corrected chi connectivity index (χ3v) is 2.78. The number of rotatable bonds is 10. The minimum Gasteiger partial charge on any atom is -0.248 e. The quantitative estimate of drug-likeness (QED) is 0.365. The molecule has 0 bridgehead atoms. The van der Waals surface area contributed by atoms with Crippen LogP contribution in [0.3, 0.4) is 0 Å². The lowest BCUT2D eigenvalue weighted by Crippen LogP contribution is -2.00. The first-order valence-corrected chi connectivity index (χ1v) is 6.97. The first-order chi connectivity index (χ1) is 8.31. The van der Waals surface area contributed by atoms with Gasteiger partial charge >= 0.3 is 0 Å². The van der Waals surface area contributed by atoms with E-state index in [0.717, 1.165) is 12.8 Å². The van der Waals surface area contributed by atoms with Crippen LogP contribution in [0.25, 0.3) is 0 Å². The minimum atomic E-state index is -1.32. The molecule has 0 nitrogen and oxygen atoms in total. The molecule has 1 atom stereocenters. The molecule has 0 fully saturated rings. The number of halogens is 2. The van der Waals surface area contributed by atoms with Gasteiger partial charge in [-0.05, 0) is 12.8 Å². The summed E-state index contributed by atoms with van der Waals surface area (Å²) < 4.78 is 24.2. The van der Waals surface area contributed by atoms with Gasteiger partial charge < -0.3 is 0 Å². The summed E-state index contributed by atoms with van der Waals surface area (Å²) in [5.74, 6) is 5.93. The lowest BCUT2D eigenvalue weighted by atomic mass is 10.1. The molecule has 0 aromatic heterocycles. The van der Waals surface area contributed by atoms with E-state index in [0.29, 0.717) is 6.42 Å². The fraction of sp³-hybridized carbons (Fsp3) is 0.867. The Morgan fingerprint density at radius 2 is 1.47 bits per heavy atom. The monoisotopic (exact) mass is 244 g/mol. The minimum absolute atomic E-state index is 0.237. The fourth-order valence-corrected chi connectivity index (χ4v) is 1.65. The van der Waals surface area contributed by atoms with Crippen molar-refractivity contribution in [3.63, 3.8) is 0 Å². The largest absolute Gasteiger partial charge is 0.248 e. The third-order valence-electron chi connectivity index (χ3n) is 2.78. The molecule has 0 N–H and O–H groups in total. The Bertz CT molecular complexity index is 203. The molecular formula is C15H26F2. The molecule has 0 spiro atoms. The normalized spacial score (nSPS) is 11.9. The van der Waals surface area contributed by atoms with Gasteiger partial charge in [-0.25, -0.2) is 8.78 Å². The number of alkyl halides is 2. The van der Waals surface area contributed by atoms with Crippen LogP contribution in [0.5, 0.6) is 0 Å². The topological polar surface area (TPSA) is 0 Å². The second-order valence-electron chi connectivity index (χ2n) is 4.52. The van der Waals surface area contributed by atoms with E-state index < -0.39 is 12.8 Å². The molecule has 0 heterocycles. The highest BCUT2D eigenvalue weighted by atomic mass is 19.2. The number of hydrogen-bond donors (Lipinski definition) is 0. The molecule has 100 valence electrons. The zero-order valence-electron chi connectivity index (χ0n) is 11.1. The first-order valence-electron chi connectivity index (χ1n) is 6.97. The van der Waals surface area contributed by atoms with Crippen molar-refractivity contribution in [1.29, 1.82) is 0 Å². The second kappa shape index (κ2) is 13.5. The molecule has 0 saturated heterocycles. The average Bonchev–Trinajstić information content (AvgIpc) is 2.35. The van der Waals surface area contributed by atoms with E-state index in [4.69, 9.17) is 0 Å². The van der Waals surface area contributed by atoms with E-state index in [9.17, 15) is 8.78 Å². The van der Waals surface area contributed by atoms with Crippen molar-refractivity contribution < 1.29 is 8.78 Å². The Hall–Kier alpha value is -0.580. The van der Waals surface area contributed by atoms with Gasteiger partial charge in [0, 0.05) is 12.8 Å². The summed E-state index contributed by atoms with van der Waals surface area (Å²) in [5, 5.41) is 0. The molecular weight excluding hydrogens is 218 g/mol. The summed E-state index contributed by atoms with van der Waals surface area (Å²) in [5.41, 5.74) is 0. The van der Waals surface area contributed by atoms with Gasteiger partial charge in [-0.15, -0.1) is 11.8 Å². The molecule has 0 aromatic carbocycles. The van der Waals surface area contributed by atoms with Crippen LogP contribution in [0, 0.1) is 11.8 Å². The summed E-state index contributed by atoms with van der Waals surface area (Å²) in [7, 11) is 0. The van der Waals surface area contributed by atoms with Gasteiger partial charge in [0.05, 0.1) is 0 Å². The first kappa shape index (κ1) is 16.4. The Morgan fingerprint density at radius 1 is 0.882 bits per heavy atom. The van der Waals surface area contributed by atoms with Crippen LogP contribution in [0.15, 0.2) is 0 Å². The Labute approximate surface area is 105 Å². The van der Waals surface area contributed by atoms with Gasteiger partial charge in [0.15, 0.2) is 0 Å². The van der Waals surface area contributed by atoms with Crippen LogP contribution in [0.4, 0.5) is 8.78 Å². The van der Waals surface area contributed by atoms with Crippen molar-refractivity contribution in [3.05, 3.63) is 0 Å².